The predicted molar refractivity (Wildman–Crippen MR) is 77.8 cm³/mol. The number of halogens is 3. The number of aromatic nitrogens is 2. The van der Waals surface area contributed by atoms with Crippen LogP contribution in [-0.2, 0) is 6.54 Å². The van der Waals surface area contributed by atoms with Gasteiger partial charge in [-0.05, 0) is 48.8 Å². The summed E-state index contributed by atoms with van der Waals surface area (Å²) in [7, 11) is 0. The molecular formula is C14H16BrF2N3. The fourth-order valence-corrected chi connectivity index (χ4v) is 1.96. The second kappa shape index (κ2) is 5.61. The maximum Gasteiger partial charge on any atom is 0.151 e. The first-order chi connectivity index (χ1) is 9.26. The second-order valence-electron chi connectivity index (χ2n) is 5.57. The highest BCUT2D eigenvalue weighted by atomic mass is 79.9. The molecule has 2 aromatic rings. The van der Waals surface area contributed by atoms with Gasteiger partial charge in [-0.15, -0.1) is 0 Å². The van der Waals surface area contributed by atoms with Crippen molar-refractivity contribution in [3.63, 3.8) is 0 Å². The van der Waals surface area contributed by atoms with Crippen LogP contribution >= 0.6 is 15.9 Å². The number of rotatable bonds is 3. The Balaban J connectivity index is 2.23. The SMILES string of the molecule is CC(C)(C)NCc1ccn(-c2cc(Br)c(F)cc2F)n1. The number of hydrogen-bond donors (Lipinski definition) is 1. The van der Waals surface area contributed by atoms with E-state index in [1.807, 2.05) is 0 Å². The summed E-state index contributed by atoms with van der Waals surface area (Å²) in [6.45, 7) is 6.75. The molecule has 1 aromatic carbocycles. The number of nitrogens with zero attached hydrogens (tertiary/aromatic N) is 2. The van der Waals surface area contributed by atoms with E-state index in [2.05, 4.69) is 47.1 Å². The third kappa shape index (κ3) is 3.64. The molecule has 0 aliphatic carbocycles. The average Bonchev–Trinajstić information content (AvgIpc) is 2.79. The molecule has 0 spiro atoms. The van der Waals surface area contributed by atoms with Crippen LogP contribution in [0.15, 0.2) is 28.9 Å². The monoisotopic (exact) mass is 343 g/mol. The van der Waals surface area contributed by atoms with Crippen LogP contribution in [0.3, 0.4) is 0 Å². The molecule has 0 radical (unpaired) electrons. The zero-order valence-electron chi connectivity index (χ0n) is 11.5. The van der Waals surface area contributed by atoms with Crippen molar-refractivity contribution in [2.45, 2.75) is 32.9 Å². The Kier molecular flexibility index (Phi) is 4.25. The number of hydrogen-bond acceptors (Lipinski definition) is 2. The maximum atomic E-state index is 13.8. The van der Waals surface area contributed by atoms with Crippen molar-refractivity contribution in [3.05, 3.63) is 46.2 Å². The molecule has 0 bridgehead atoms. The van der Waals surface area contributed by atoms with Gasteiger partial charge < -0.3 is 5.32 Å². The zero-order chi connectivity index (χ0) is 14.9. The van der Waals surface area contributed by atoms with E-state index in [0.717, 1.165) is 11.8 Å². The predicted octanol–water partition coefficient (Wildman–Crippen LogP) is 3.80. The molecule has 0 atom stereocenters. The van der Waals surface area contributed by atoms with Crippen LogP contribution in [0.2, 0.25) is 0 Å². The smallest absolute Gasteiger partial charge is 0.151 e. The van der Waals surface area contributed by atoms with Crippen LogP contribution in [0.1, 0.15) is 26.5 Å². The molecule has 1 N–H and O–H groups in total. The van der Waals surface area contributed by atoms with Crippen molar-refractivity contribution in [1.82, 2.24) is 15.1 Å². The number of nitrogens with one attached hydrogen (secondary N) is 1. The van der Waals surface area contributed by atoms with Gasteiger partial charge in [-0.25, -0.2) is 13.5 Å². The Morgan fingerprint density at radius 2 is 1.95 bits per heavy atom. The Bertz CT molecular complexity index is 617. The van der Waals surface area contributed by atoms with Gasteiger partial charge in [-0.2, -0.15) is 5.10 Å². The standard InChI is InChI=1S/C14H16BrF2N3/c1-14(2,3)18-8-9-4-5-20(19-9)13-6-10(15)11(16)7-12(13)17/h4-7,18H,8H2,1-3H3. The second-order valence-corrected chi connectivity index (χ2v) is 6.43. The van der Waals surface area contributed by atoms with Crippen molar-refractivity contribution in [3.8, 4) is 5.69 Å². The first kappa shape index (κ1) is 15.1. The Labute approximate surface area is 125 Å². The molecule has 0 fully saturated rings. The quantitative estimate of drug-likeness (QED) is 0.859. The van der Waals surface area contributed by atoms with Gasteiger partial charge in [-0.1, -0.05) is 0 Å². The molecule has 0 saturated carbocycles. The summed E-state index contributed by atoms with van der Waals surface area (Å²) in [6, 6.07) is 4.02. The van der Waals surface area contributed by atoms with Crippen LogP contribution in [0.5, 0.6) is 0 Å². The molecule has 3 nitrogen and oxygen atoms in total. The highest BCUT2D eigenvalue weighted by Crippen LogP contribution is 2.22. The van der Waals surface area contributed by atoms with Gasteiger partial charge in [0.05, 0.1) is 10.2 Å². The minimum atomic E-state index is -0.649. The van der Waals surface area contributed by atoms with E-state index in [4.69, 9.17) is 0 Å². The summed E-state index contributed by atoms with van der Waals surface area (Å²) >= 11 is 3.05. The van der Waals surface area contributed by atoms with Crippen molar-refractivity contribution < 1.29 is 8.78 Å². The molecule has 2 rings (SSSR count). The van der Waals surface area contributed by atoms with E-state index in [0.29, 0.717) is 6.54 Å². The van der Waals surface area contributed by atoms with E-state index in [-0.39, 0.29) is 15.7 Å². The van der Waals surface area contributed by atoms with Crippen molar-refractivity contribution in [2.75, 3.05) is 0 Å². The average molecular weight is 344 g/mol. The van der Waals surface area contributed by atoms with Crippen LogP contribution in [-0.4, -0.2) is 15.3 Å². The van der Waals surface area contributed by atoms with Crippen molar-refractivity contribution >= 4 is 15.9 Å². The summed E-state index contributed by atoms with van der Waals surface area (Å²) in [6.07, 6.45) is 1.66. The molecule has 0 amide bonds. The summed E-state index contributed by atoms with van der Waals surface area (Å²) in [5, 5.41) is 7.59. The molecule has 6 heteroatoms. The molecule has 108 valence electrons. The molecule has 20 heavy (non-hydrogen) atoms. The van der Waals surface area contributed by atoms with E-state index in [1.54, 1.807) is 12.3 Å². The normalized spacial score (nSPS) is 11.9. The lowest BCUT2D eigenvalue weighted by Gasteiger charge is -2.19. The zero-order valence-corrected chi connectivity index (χ0v) is 13.1. The summed E-state index contributed by atoms with van der Waals surface area (Å²) in [5.74, 6) is -1.28. The first-order valence-corrected chi connectivity index (χ1v) is 7.00. The van der Waals surface area contributed by atoms with Gasteiger partial charge in [0, 0.05) is 24.3 Å². The molecule has 0 aliphatic heterocycles. The lowest BCUT2D eigenvalue weighted by molar-refractivity contribution is 0.420. The largest absolute Gasteiger partial charge is 0.306 e. The lowest BCUT2D eigenvalue weighted by atomic mass is 10.1. The Morgan fingerprint density at radius 3 is 2.60 bits per heavy atom. The minimum absolute atomic E-state index is 0.0199. The molecule has 0 saturated heterocycles. The van der Waals surface area contributed by atoms with Crippen LogP contribution in [0, 0.1) is 11.6 Å². The van der Waals surface area contributed by atoms with Crippen molar-refractivity contribution in [1.29, 1.82) is 0 Å². The lowest BCUT2D eigenvalue weighted by Crippen LogP contribution is -2.35. The van der Waals surface area contributed by atoms with Gasteiger partial charge in [0.2, 0.25) is 0 Å². The van der Waals surface area contributed by atoms with E-state index < -0.39 is 11.6 Å². The number of benzene rings is 1. The Morgan fingerprint density at radius 1 is 1.25 bits per heavy atom. The van der Waals surface area contributed by atoms with Crippen LogP contribution < -0.4 is 5.32 Å². The molecule has 0 unspecified atom stereocenters. The van der Waals surface area contributed by atoms with Gasteiger partial charge in [0.15, 0.2) is 5.82 Å². The highest BCUT2D eigenvalue weighted by molar-refractivity contribution is 9.10. The Hall–Kier alpha value is -1.27. The molecular weight excluding hydrogens is 328 g/mol. The molecule has 1 heterocycles. The van der Waals surface area contributed by atoms with Gasteiger partial charge in [-0.3, -0.25) is 0 Å². The first-order valence-electron chi connectivity index (χ1n) is 6.21. The topological polar surface area (TPSA) is 29.9 Å². The molecule has 1 aromatic heterocycles. The van der Waals surface area contributed by atoms with E-state index in [9.17, 15) is 8.78 Å². The third-order valence-electron chi connectivity index (χ3n) is 2.68. The summed E-state index contributed by atoms with van der Waals surface area (Å²) in [4.78, 5) is 0. The van der Waals surface area contributed by atoms with Crippen LogP contribution in [0.25, 0.3) is 5.69 Å². The summed E-state index contributed by atoms with van der Waals surface area (Å²) < 4.78 is 28.6. The third-order valence-corrected chi connectivity index (χ3v) is 3.29. The molecule has 0 aliphatic rings. The highest BCUT2D eigenvalue weighted by Gasteiger charge is 2.13. The summed E-state index contributed by atoms with van der Waals surface area (Å²) in [5.41, 5.74) is 0.980. The minimum Gasteiger partial charge on any atom is -0.306 e. The van der Waals surface area contributed by atoms with E-state index in [1.165, 1.54) is 10.7 Å². The van der Waals surface area contributed by atoms with Gasteiger partial charge in [0.25, 0.3) is 0 Å². The fraction of sp³-hybridized carbons (Fsp3) is 0.357. The van der Waals surface area contributed by atoms with Crippen LogP contribution in [0.4, 0.5) is 8.78 Å². The van der Waals surface area contributed by atoms with Gasteiger partial charge in [0.1, 0.15) is 11.5 Å². The van der Waals surface area contributed by atoms with Gasteiger partial charge >= 0.3 is 0 Å². The fourth-order valence-electron chi connectivity index (χ4n) is 1.63. The van der Waals surface area contributed by atoms with Crippen molar-refractivity contribution in [2.24, 2.45) is 0 Å². The van der Waals surface area contributed by atoms with E-state index >= 15 is 0 Å². The maximum absolute atomic E-state index is 13.8.